The van der Waals surface area contributed by atoms with Crippen molar-refractivity contribution in [3.8, 4) is 5.69 Å². The molecular weight excluding hydrogens is 384 g/mol. The summed E-state index contributed by atoms with van der Waals surface area (Å²) >= 11 is 1.38. The molecule has 0 radical (unpaired) electrons. The minimum atomic E-state index is -0.385. The first-order valence-corrected chi connectivity index (χ1v) is 10.2. The summed E-state index contributed by atoms with van der Waals surface area (Å²) < 4.78 is 1.95. The molecule has 1 atom stereocenters. The van der Waals surface area contributed by atoms with Crippen molar-refractivity contribution in [3.63, 3.8) is 0 Å². The first-order valence-electron chi connectivity index (χ1n) is 9.28. The number of benzene rings is 3. The molecular formula is C22H20N4O2S. The number of aromatic nitrogens is 3. The van der Waals surface area contributed by atoms with Gasteiger partial charge in [0, 0.05) is 10.6 Å². The van der Waals surface area contributed by atoms with E-state index < -0.39 is 0 Å². The van der Waals surface area contributed by atoms with Crippen LogP contribution in [0.4, 0.5) is 0 Å². The van der Waals surface area contributed by atoms with Gasteiger partial charge in [0.1, 0.15) is 11.1 Å². The monoisotopic (exact) mass is 404 g/mol. The molecule has 146 valence electrons. The van der Waals surface area contributed by atoms with Crippen LogP contribution < -0.4 is 0 Å². The van der Waals surface area contributed by atoms with Gasteiger partial charge in [0.15, 0.2) is 5.16 Å². The Bertz CT molecular complexity index is 1170. The number of hydrogen-bond acceptors (Lipinski definition) is 5. The lowest BCUT2D eigenvalue weighted by molar-refractivity contribution is -0.479. The van der Waals surface area contributed by atoms with Crippen LogP contribution in [0.15, 0.2) is 71.9 Å². The molecule has 0 unspecified atom stereocenters. The van der Waals surface area contributed by atoms with Crippen molar-refractivity contribution in [2.45, 2.75) is 24.3 Å². The van der Waals surface area contributed by atoms with Gasteiger partial charge in [-0.25, -0.2) is 0 Å². The average Bonchev–Trinajstić information content (AvgIpc) is 3.07. The first kappa shape index (κ1) is 19.1. The molecule has 0 bridgehead atoms. The van der Waals surface area contributed by atoms with Crippen molar-refractivity contribution < 1.29 is 4.92 Å². The zero-order valence-electron chi connectivity index (χ0n) is 16.1. The van der Waals surface area contributed by atoms with Crippen LogP contribution in [0, 0.1) is 24.0 Å². The van der Waals surface area contributed by atoms with E-state index in [2.05, 4.69) is 10.2 Å². The zero-order chi connectivity index (χ0) is 20.4. The number of rotatable bonds is 6. The lowest BCUT2D eigenvalue weighted by Gasteiger charge is -2.16. The van der Waals surface area contributed by atoms with Crippen LogP contribution in [0.2, 0.25) is 0 Å². The molecule has 0 saturated carbocycles. The van der Waals surface area contributed by atoms with Crippen LogP contribution in [-0.2, 0) is 0 Å². The summed E-state index contributed by atoms with van der Waals surface area (Å²) in [5.74, 6) is 0.745. The summed E-state index contributed by atoms with van der Waals surface area (Å²) in [5.41, 5.74) is 3.04. The van der Waals surface area contributed by atoms with E-state index in [-0.39, 0.29) is 16.7 Å². The molecule has 0 amide bonds. The van der Waals surface area contributed by atoms with Crippen LogP contribution in [0.5, 0.6) is 0 Å². The molecule has 0 N–H and O–H groups in total. The van der Waals surface area contributed by atoms with Crippen molar-refractivity contribution in [3.05, 3.63) is 93.8 Å². The van der Waals surface area contributed by atoms with Gasteiger partial charge in [0.25, 0.3) is 0 Å². The van der Waals surface area contributed by atoms with Gasteiger partial charge in [0.05, 0.1) is 0 Å². The van der Waals surface area contributed by atoms with Crippen LogP contribution >= 0.6 is 11.8 Å². The largest absolute Gasteiger partial charge is 0.274 e. The van der Waals surface area contributed by atoms with E-state index in [0.29, 0.717) is 5.16 Å². The van der Waals surface area contributed by atoms with Crippen molar-refractivity contribution in [2.75, 3.05) is 6.54 Å². The first-order chi connectivity index (χ1) is 14.0. The van der Waals surface area contributed by atoms with Crippen LogP contribution in [0.1, 0.15) is 22.2 Å². The second kappa shape index (κ2) is 8.05. The van der Waals surface area contributed by atoms with Gasteiger partial charge in [0.2, 0.25) is 6.54 Å². The maximum absolute atomic E-state index is 11.5. The highest BCUT2D eigenvalue weighted by Gasteiger charge is 2.25. The van der Waals surface area contributed by atoms with E-state index >= 15 is 0 Å². The second-order valence-corrected chi connectivity index (χ2v) is 8.06. The fraction of sp³-hybridized carbons (Fsp3) is 0.182. The molecule has 0 fully saturated rings. The highest BCUT2D eigenvalue weighted by atomic mass is 32.2. The molecule has 6 nitrogen and oxygen atoms in total. The fourth-order valence-electron chi connectivity index (χ4n) is 3.40. The summed E-state index contributed by atoms with van der Waals surface area (Å²) in [6, 6.07) is 22.0. The zero-order valence-corrected chi connectivity index (χ0v) is 17.0. The van der Waals surface area contributed by atoms with E-state index in [4.69, 9.17) is 0 Å². The Hall–Kier alpha value is -3.19. The SMILES string of the molecule is Cc1ccc(-n2c(C)nnc2S[C@@H](C[N+](=O)[O-])c2cccc3ccccc23)cc1. The molecule has 4 rings (SSSR count). The third-order valence-corrected chi connectivity index (χ3v) is 5.98. The summed E-state index contributed by atoms with van der Waals surface area (Å²) in [7, 11) is 0. The molecule has 0 aliphatic carbocycles. The summed E-state index contributed by atoms with van der Waals surface area (Å²) in [5, 5.41) is 22.3. The Kier molecular flexibility index (Phi) is 5.31. The average molecular weight is 404 g/mol. The normalized spacial score (nSPS) is 12.2. The Morgan fingerprint density at radius 1 is 1.00 bits per heavy atom. The standard InChI is InChI=1S/C22H20N4O2S/c1-15-10-12-18(13-11-15)26-16(2)23-24-22(26)29-21(14-25(27)28)20-9-5-7-17-6-3-4-8-19(17)20/h3-13,21H,14H2,1-2H3/t21-/m0/s1. The smallest absolute Gasteiger partial charge is 0.220 e. The predicted molar refractivity (Wildman–Crippen MR) is 115 cm³/mol. The Balaban J connectivity index is 1.77. The highest BCUT2D eigenvalue weighted by Crippen LogP contribution is 2.38. The Morgan fingerprint density at radius 3 is 2.48 bits per heavy atom. The van der Waals surface area contributed by atoms with Crippen LogP contribution in [0.25, 0.3) is 16.5 Å². The Labute approximate surface area is 172 Å². The van der Waals surface area contributed by atoms with E-state index in [1.807, 2.05) is 85.1 Å². The summed E-state index contributed by atoms with van der Waals surface area (Å²) in [6.07, 6.45) is 0. The molecule has 0 saturated heterocycles. The molecule has 7 heteroatoms. The predicted octanol–water partition coefficient (Wildman–Crippen LogP) is 5.15. The number of hydrogen-bond donors (Lipinski definition) is 0. The van der Waals surface area contributed by atoms with Gasteiger partial charge < -0.3 is 0 Å². The molecule has 1 aromatic heterocycles. The van der Waals surface area contributed by atoms with E-state index in [9.17, 15) is 10.1 Å². The Morgan fingerprint density at radius 2 is 1.72 bits per heavy atom. The highest BCUT2D eigenvalue weighted by molar-refractivity contribution is 7.99. The van der Waals surface area contributed by atoms with Gasteiger partial charge >= 0.3 is 0 Å². The van der Waals surface area contributed by atoms with E-state index in [1.54, 1.807) is 0 Å². The number of aryl methyl sites for hydroxylation is 2. The van der Waals surface area contributed by atoms with Crippen molar-refractivity contribution in [2.24, 2.45) is 0 Å². The number of fused-ring (bicyclic) bond motifs is 1. The topological polar surface area (TPSA) is 73.8 Å². The maximum atomic E-state index is 11.5. The van der Waals surface area contributed by atoms with Crippen molar-refractivity contribution in [1.82, 2.24) is 14.8 Å². The minimum absolute atomic E-state index is 0.196. The van der Waals surface area contributed by atoms with E-state index in [1.165, 1.54) is 11.8 Å². The number of thioether (sulfide) groups is 1. The van der Waals surface area contributed by atoms with Gasteiger partial charge in [-0.2, -0.15) is 0 Å². The summed E-state index contributed by atoms with van der Waals surface area (Å²) in [4.78, 5) is 11.2. The molecule has 1 heterocycles. The maximum Gasteiger partial charge on any atom is 0.220 e. The number of nitrogens with zero attached hydrogens (tertiary/aromatic N) is 4. The lowest BCUT2D eigenvalue weighted by Crippen LogP contribution is -2.11. The van der Waals surface area contributed by atoms with Gasteiger partial charge in [-0.1, -0.05) is 71.9 Å². The number of nitro groups is 1. The summed E-state index contributed by atoms with van der Waals surface area (Å²) in [6.45, 7) is 3.72. The van der Waals surface area contributed by atoms with Crippen molar-refractivity contribution in [1.29, 1.82) is 0 Å². The van der Waals surface area contributed by atoms with Crippen LogP contribution in [0.3, 0.4) is 0 Å². The molecule has 4 aromatic rings. The van der Waals surface area contributed by atoms with Gasteiger partial charge in [-0.3, -0.25) is 14.7 Å². The van der Waals surface area contributed by atoms with Crippen LogP contribution in [-0.4, -0.2) is 26.2 Å². The van der Waals surface area contributed by atoms with Gasteiger partial charge in [-0.15, -0.1) is 10.2 Å². The molecule has 0 aliphatic rings. The third kappa shape index (κ3) is 4.00. The van der Waals surface area contributed by atoms with Crippen molar-refractivity contribution >= 4 is 22.5 Å². The second-order valence-electron chi connectivity index (χ2n) is 6.89. The fourth-order valence-corrected chi connectivity index (χ4v) is 4.62. The molecule has 0 aliphatic heterocycles. The van der Waals surface area contributed by atoms with E-state index in [0.717, 1.165) is 33.4 Å². The quantitative estimate of drug-likeness (QED) is 0.252. The lowest BCUT2D eigenvalue weighted by atomic mass is 10.0. The molecule has 29 heavy (non-hydrogen) atoms. The molecule has 3 aromatic carbocycles. The molecule has 0 spiro atoms. The third-order valence-electron chi connectivity index (χ3n) is 4.82. The van der Waals surface area contributed by atoms with Gasteiger partial charge in [-0.05, 0) is 42.3 Å². The minimum Gasteiger partial charge on any atom is -0.274 e.